The van der Waals surface area contributed by atoms with Gasteiger partial charge in [0.1, 0.15) is 5.78 Å². The van der Waals surface area contributed by atoms with Crippen molar-refractivity contribution >= 4 is 14.1 Å². The number of hydrogen-bond acceptors (Lipinski definition) is 2. The Kier molecular flexibility index (Phi) is 5.54. The van der Waals surface area contributed by atoms with Crippen molar-refractivity contribution in [1.29, 1.82) is 0 Å². The molecule has 8 atom stereocenters. The molecule has 0 N–H and O–H groups in total. The maximum atomic E-state index is 12.8. The molecular formula is C27H46O2Si. The van der Waals surface area contributed by atoms with E-state index in [9.17, 15) is 4.79 Å². The van der Waals surface area contributed by atoms with Crippen molar-refractivity contribution in [3.8, 4) is 0 Å². The van der Waals surface area contributed by atoms with Gasteiger partial charge in [-0.1, -0.05) is 40.7 Å². The van der Waals surface area contributed by atoms with Crippen molar-refractivity contribution in [1.82, 2.24) is 0 Å². The summed E-state index contributed by atoms with van der Waals surface area (Å²) >= 11 is 0. The van der Waals surface area contributed by atoms with Crippen LogP contribution in [0.1, 0.15) is 86.0 Å². The first-order valence-corrected chi connectivity index (χ1v) is 15.6. The summed E-state index contributed by atoms with van der Waals surface area (Å²) in [6.07, 6.45) is 12.3. The van der Waals surface area contributed by atoms with Gasteiger partial charge in [-0.25, -0.2) is 0 Å². The van der Waals surface area contributed by atoms with Crippen LogP contribution in [-0.2, 0) is 9.22 Å². The van der Waals surface area contributed by atoms with Crippen molar-refractivity contribution in [2.24, 2.45) is 40.4 Å². The Morgan fingerprint density at radius 2 is 1.70 bits per heavy atom. The highest BCUT2D eigenvalue weighted by Gasteiger charge is 2.61. The highest BCUT2D eigenvalue weighted by molar-refractivity contribution is 6.74. The van der Waals surface area contributed by atoms with Gasteiger partial charge in [-0.05, 0) is 97.6 Å². The predicted octanol–water partition coefficient (Wildman–Crippen LogP) is 7.40. The molecule has 2 nitrogen and oxygen atoms in total. The van der Waals surface area contributed by atoms with Crippen molar-refractivity contribution < 1.29 is 9.22 Å². The lowest BCUT2D eigenvalue weighted by molar-refractivity contribution is -0.123. The minimum absolute atomic E-state index is 0.0997. The fourth-order valence-electron chi connectivity index (χ4n) is 8.15. The van der Waals surface area contributed by atoms with E-state index in [1.54, 1.807) is 0 Å². The summed E-state index contributed by atoms with van der Waals surface area (Å²) in [4.78, 5) is 12.8. The van der Waals surface area contributed by atoms with E-state index in [-0.39, 0.29) is 16.4 Å². The van der Waals surface area contributed by atoms with E-state index in [0.717, 1.165) is 24.2 Å². The Balaban J connectivity index is 1.50. The Morgan fingerprint density at radius 1 is 1.03 bits per heavy atom. The number of Topliss-reactive ketones (excluding diaryl/α,β-unsaturated/α-hetero) is 1. The van der Waals surface area contributed by atoms with Gasteiger partial charge >= 0.3 is 0 Å². The van der Waals surface area contributed by atoms with E-state index < -0.39 is 8.32 Å². The van der Waals surface area contributed by atoms with Crippen molar-refractivity contribution in [2.75, 3.05) is 0 Å². The number of rotatable bonds is 3. The number of ketones is 1. The summed E-state index contributed by atoms with van der Waals surface area (Å²) in [5.41, 5.74) is 0.624. The number of allylic oxidation sites excluding steroid dienone is 1. The van der Waals surface area contributed by atoms with E-state index >= 15 is 0 Å². The van der Waals surface area contributed by atoms with Gasteiger partial charge < -0.3 is 4.43 Å². The van der Waals surface area contributed by atoms with E-state index in [1.807, 2.05) is 6.08 Å². The van der Waals surface area contributed by atoms with E-state index in [4.69, 9.17) is 4.43 Å². The van der Waals surface area contributed by atoms with Gasteiger partial charge in [0.25, 0.3) is 0 Å². The maximum Gasteiger partial charge on any atom is 0.192 e. The molecule has 0 aromatic rings. The van der Waals surface area contributed by atoms with E-state index in [1.165, 1.54) is 44.9 Å². The summed E-state index contributed by atoms with van der Waals surface area (Å²) in [5, 5.41) is 0.288. The fourth-order valence-corrected chi connectivity index (χ4v) is 9.55. The molecular weight excluding hydrogens is 384 g/mol. The standard InChI is InChI=1S/C27H46O2Si/c1-9-21-24(28)17-23-20-11-10-18-16-19(29-30(7,8)25(2,3)4)12-14-26(18,5)22(20)13-15-27(21,23)6/h9,18-23H,1,10-17H2,2-8H3/t18?,19?,20-,21+,22+,23+,26+,27-/m1/s1. The number of hydrogen-bond donors (Lipinski definition) is 0. The summed E-state index contributed by atoms with van der Waals surface area (Å²) < 4.78 is 6.88. The van der Waals surface area contributed by atoms with Crippen LogP contribution >= 0.6 is 0 Å². The third-order valence-corrected chi connectivity index (χ3v) is 15.6. The molecule has 4 aliphatic carbocycles. The predicted molar refractivity (Wildman–Crippen MR) is 128 cm³/mol. The zero-order chi connectivity index (χ0) is 22.1. The Labute approximate surface area is 186 Å². The van der Waals surface area contributed by atoms with Gasteiger partial charge in [0.2, 0.25) is 0 Å². The SMILES string of the molecule is C=C[C@H]1C(=O)C[C@H]2[C@@H]3CCC4CC(O[Si](C)(C)C(C)(C)C)CC[C@]4(C)[C@H]3CC[C@]12C. The molecule has 0 bridgehead atoms. The largest absolute Gasteiger partial charge is 0.414 e. The van der Waals surface area contributed by atoms with E-state index in [2.05, 4.69) is 54.3 Å². The monoisotopic (exact) mass is 430 g/mol. The molecule has 0 spiro atoms. The first-order valence-electron chi connectivity index (χ1n) is 12.7. The van der Waals surface area contributed by atoms with Crippen LogP contribution in [0.25, 0.3) is 0 Å². The summed E-state index contributed by atoms with van der Waals surface area (Å²) in [6.45, 7) is 20.9. The lowest BCUT2D eigenvalue weighted by Crippen LogP contribution is -2.55. The van der Waals surface area contributed by atoms with Gasteiger partial charge in [-0.2, -0.15) is 0 Å². The third kappa shape index (κ3) is 3.32. The zero-order valence-electron chi connectivity index (χ0n) is 20.7. The molecule has 2 unspecified atom stereocenters. The summed E-state index contributed by atoms with van der Waals surface area (Å²) in [7, 11) is -1.70. The highest BCUT2D eigenvalue weighted by atomic mass is 28.4. The second-order valence-corrected chi connectivity index (χ2v) is 18.1. The van der Waals surface area contributed by atoms with Crippen LogP contribution in [0.4, 0.5) is 0 Å². The molecule has 170 valence electrons. The Bertz CT molecular complexity index is 706. The Morgan fingerprint density at radius 3 is 2.33 bits per heavy atom. The van der Waals surface area contributed by atoms with Crippen LogP contribution in [0.5, 0.6) is 0 Å². The van der Waals surface area contributed by atoms with Gasteiger partial charge in [0.05, 0.1) is 0 Å². The first kappa shape index (κ1) is 22.8. The van der Waals surface area contributed by atoms with Crippen LogP contribution in [0.15, 0.2) is 12.7 Å². The van der Waals surface area contributed by atoms with Crippen molar-refractivity contribution in [3.63, 3.8) is 0 Å². The highest BCUT2D eigenvalue weighted by Crippen LogP contribution is 2.67. The minimum Gasteiger partial charge on any atom is -0.414 e. The molecule has 3 heteroatoms. The van der Waals surface area contributed by atoms with Gasteiger partial charge in [-0.15, -0.1) is 6.58 Å². The molecule has 30 heavy (non-hydrogen) atoms. The molecule has 0 aliphatic heterocycles. The normalized spacial score (nSPS) is 46.7. The van der Waals surface area contributed by atoms with Gasteiger partial charge in [0, 0.05) is 18.4 Å². The molecule has 0 radical (unpaired) electrons. The zero-order valence-corrected chi connectivity index (χ0v) is 21.7. The lowest BCUT2D eigenvalue weighted by atomic mass is 9.44. The molecule has 0 heterocycles. The van der Waals surface area contributed by atoms with E-state index in [0.29, 0.717) is 23.2 Å². The minimum atomic E-state index is -1.70. The molecule has 4 rings (SSSR count). The molecule has 0 amide bonds. The number of fused-ring (bicyclic) bond motifs is 5. The quantitative estimate of drug-likeness (QED) is 0.344. The second kappa shape index (κ2) is 7.30. The average Bonchev–Trinajstić information content (AvgIpc) is 2.90. The second-order valence-electron chi connectivity index (χ2n) is 13.4. The topological polar surface area (TPSA) is 26.3 Å². The van der Waals surface area contributed by atoms with Crippen LogP contribution in [-0.4, -0.2) is 20.2 Å². The number of carbonyl (C=O) groups is 1. The average molecular weight is 431 g/mol. The van der Waals surface area contributed by atoms with Crippen LogP contribution in [0, 0.1) is 40.4 Å². The van der Waals surface area contributed by atoms with Crippen molar-refractivity contribution in [3.05, 3.63) is 12.7 Å². The lowest BCUT2D eigenvalue weighted by Gasteiger charge is -2.61. The van der Waals surface area contributed by atoms with Crippen LogP contribution in [0.3, 0.4) is 0 Å². The third-order valence-electron chi connectivity index (χ3n) is 11.0. The van der Waals surface area contributed by atoms with Crippen molar-refractivity contribution in [2.45, 2.75) is 110 Å². The number of carbonyl (C=O) groups excluding carboxylic acids is 1. The van der Waals surface area contributed by atoms with Crippen LogP contribution < -0.4 is 0 Å². The first-order chi connectivity index (χ1) is 13.8. The van der Waals surface area contributed by atoms with Crippen LogP contribution in [0.2, 0.25) is 18.1 Å². The fraction of sp³-hybridized carbons (Fsp3) is 0.889. The maximum absolute atomic E-state index is 12.8. The summed E-state index contributed by atoms with van der Waals surface area (Å²) in [5.74, 6) is 3.51. The van der Waals surface area contributed by atoms with Gasteiger partial charge in [0.15, 0.2) is 8.32 Å². The molecule has 0 saturated heterocycles. The molecule has 0 aromatic carbocycles. The molecule has 4 fully saturated rings. The Hall–Kier alpha value is -0.413. The summed E-state index contributed by atoms with van der Waals surface area (Å²) in [6, 6.07) is 0. The molecule has 0 aromatic heterocycles. The smallest absolute Gasteiger partial charge is 0.192 e. The van der Waals surface area contributed by atoms with Gasteiger partial charge in [-0.3, -0.25) is 4.79 Å². The molecule has 4 aliphatic rings. The molecule has 4 saturated carbocycles.